The number of ether oxygens (including phenoxy) is 4. The Labute approximate surface area is 283 Å². The predicted molar refractivity (Wildman–Crippen MR) is 177 cm³/mol. The smallest absolute Gasteiger partial charge is 0.342 e. The number of carboxylic acids is 2. The first-order chi connectivity index (χ1) is 21.7. The number of phenols is 2. The van der Waals surface area contributed by atoms with Crippen molar-refractivity contribution in [3.63, 3.8) is 0 Å². The molecule has 0 bridgehead atoms. The number of aromatic hydroxyl groups is 2. The lowest BCUT2D eigenvalue weighted by atomic mass is 9.94. The van der Waals surface area contributed by atoms with Crippen LogP contribution in [0.5, 0.6) is 23.0 Å². The molecule has 0 saturated carbocycles. The van der Waals surface area contributed by atoms with Crippen LogP contribution in [0.1, 0.15) is 93.6 Å². The number of carbonyl (C=O) groups excluding carboxylic acids is 2. The maximum atomic E-state index is 11.8. The third-order valence-electron chi connectivity index (χ3n) is 8.07. The molecule has 6 radical (unpaired) electrons. The Kier molecular flexibility index (Phi) is 15.3. The average Bonchev–Trinajstić information content (AvgIpc) is 3.60. The Morgan fingerprint density at radius 2 is 1.02 bits per heavy atom. The Morgan fingerprint density at radius 1 is 0.688 bits per heavy atom. The molecule has 4 rings (SSSR count). The molecule has 2 aromatic rings. The lowest BCUT2D eigenvalue weighted by Crippen LogP contribution is -2.03. The number of carboxylic acid groups (broad SMARTS) is 2. The second-order valence-electron chi connectivity index (χ2n) is 11.1. The van der Waals surface area contributed by atoms with E-state index in [2.05, 4.69) is 0 Å². The van der Waals surface area contributed by atoms with Gasteiger partial charge >= 0.3 is 23.9 Å². The van der Waals surface area contributed by atoms with Gasteiger partial charge in [-0.05, 0) is 64.5 Å². The van der Waals surface area contributed by atoms with E-state index in [9.17, 15) is 29.4 Å². The van der Waals surface area contributed by atoms with Crippen LogP contribution in [0.25, 0.3) is 0 Å². The van der Waals surface area contributed by atoms with Gasteiger partial charge in [-0.2, -0.15) is 0 Å². The van der Waals surface area contributed by atoms with Crippen molar-refractivity contribution in [2.45, 2.75) is 79.4 Å². The summed E-state index contributed by atoms with van der Waals surface area (Å²) in [6.45, 7) is 7.59. The normalized spacial score (nSPS) is 13.1. The molecule has 0 fully saturated rings. The highest BCUT2D eigenvalue weighted by atomic mass is 16.5. The third-order valence-corrected chi connectivity index (χ3v) is 8.07. The maximum Gasteiger partial charge on any atom is 0.342 e. The molecule has 14 heteroatoms. The molecule has 0 amide bonds. The number of esters is 2. The summed E-state index contributed by atoms with van der Waals surface area (Å²) in [7, 11) is 3.02. The van der Waals surface area contributed by atoms with Gasteiger partial charge in [0, 0.05) is 51.9 Å². The van der Waals surface area contributed by atoms with Crippen LogP contribution in [-0.2, 0) is 45.1 Å². The van der Waals surface area contributed by atoms with Crippen LogP contribution in [0.4, 0.5) is 0 Å². The number of phenolic OH excluding ortho intramolecular Hbond substituents is 2. The highest BCUT2D eigenvalue weighted by Gasteiger charge is 2.33. The van der Waals surface area contributed by atoms with Crippen LogP contribution >= 0.6 is 0 Å². The number of rotatable bonds is 12. The molecule has 254 valence electrons. The van der Waals surface area contributed by atoms with Gasteiger partial charge < -0.3 is 39.4 Å². The van der Waals surface area contributed by atoms with Gasteiger partial charge in [-0.3, -0.25) is 9.59 Å². The van der Waals surface area contributed by atoms with Crippen molar-refractivity contribution in [1.82, 2.24) is 0 Å². The minimum atomic E-state index is -0.853. The molecule has 0 aliphatic carbocycles. The van der Waals surface area contributed by atoms with E-state index < -0.39 is 23.9 Å². The van der Waals surface area contributed by atoms with E-state index in [-0.39, 0.29) is 65.5 Å². The van der Waals surface area contributed by atoms with Crippen LogP contribution < -0.4 is 9.47 Å². The van der Waals surface area contributed by atoms with Crippen LogP contribution in [0.2, 0.25) is 0 Å². The van der Waals surface area contributed by atoms with Crippen molar-refractivity contribution in [2.75, 3.05) is 14.2 Å². The molecular formula is C34H40B2O12. The molecular weight excluding hydrogens is 622 g/mol. The van der Waals surface area contributed by atoms with E-state index >= 15 is 0 Å². The number of methoxy groups -OCH3 is 2. The van der Waals surface area contributed by atoms with Crippen LogP contribution in [0.3, 0.4) is 0 Å². The fourth-order valence-corrected chi connectivity index (χ4v) is 5.42. The molecule has 0 atom stereocenters. The number of cyclic esters (lactones) is 2. The zero-order chi connectivity index (χ0) is 34.3. The van der Waals surface area contributed by atoms with Crippen LogP contribution in [0, 0.1) is 13.8 Å². The predicted octanol–water partition coefficient (Wildman–Crippen LogP) is 4.70. The van der Waals surface area contributed by atoms with E-state index in [4.69, 9.17) is 29.2 Å². The monoisotopic (exact) mass is 662 g/mol. The molecule has 2 heterocycles. The third kappa shape index (κ3) is 9.14. The molecule has 0 saturated heterocycles. The first-order valence-corrected chi connectivity index (χ1v) is 14.6. The molecule has 2 aliphatic rings. The van der Waals surface area contributed by atoms with Crippen molar-refractivity contribution in [3.05, 3.63) is 67.8 Å². The summed E-state index contributed by atoms with van der Waals surface area (Å²) in [5, 5.41) is 38.3. The van der Waals surface area contributed by atoms with Crippen molar-refractivity contribution < 1.29 is 58.6 Å². The molecule has 12 nitrogen and oxygen atoms in total. The quantitative estimate of drug-likeness (QED) is 0.140. The number of carbonyl (C=O) groups is 4. The van der Waals surface area contributed by atoms with Gasteiger partial charge in [0.1, 0.15) is 47.3 Å². The standard InChI is InChI=1S/2C17H20O6.2B/c2*1-9(5-7-13(18)19)4-6-11-15(20)14-12(8-23-17(14)21)10(2)16(11)22-3;;/h2*4,20H,5-8H2,1-3H3,(H,18,19);;/b2*9-4+;;. The molecule has 0 unspecified atom stereocenters. The van der Waals surface area contributed by atoms with Gasteiger partial charge in [0.05, 0.1) is 14.2 Å². The summed E-state index contributed by atoms with van der Waals surface area (Å²) in [5.41, 5.74) is 6.08. The van der Waals surface area contributed by atoms with Crippen molar-refractivity contribution in [3.8, 4) is 23.0 Å². The van der Waals surface area contributed by atoms with E-state index in [1.807, 2.05) is 39.8 Å². The number of hydrogen-bond acceptors (Lipinski definition) is 10. The van der Waals surface area contributed by atoms with Gasteiger partial charge in [0.2, 0.25) is 0 Å². The van der Waals surface area contributed by atoms with Crippen molar-refractivity contribution in [1.29, 1.82) is 0 Å². The lowest BCUT2D eigenvalue weighted by molar-refractivity contribution is -0.138. The van der Waals surface area contributed by atoms with Gasteiger partial charge in [0.15, 0.2) is 0 Å². The summed E-state index contributed by atoms with van der Waals surface area (Å²) in [6, 6.07) is 0. The van der Waals surface area contributed by atoms with E-state index in [0.717, 1.165) is 22.3 Å². The van der Waals surface area contributed by atoms with Crippen molar-refractivity contribution >= 4 is 40.7 Å². The second-order valence-corrected chi connectivity index (χ2v) is 11.1. The second kappa shape index (κ2) is 17.9. The first kappa shape index (κ1) is 41.2. The molecule has 0 spiro atoms. The Balaban J connectivity index is 0.000000461. The highest BCUT2D eigenvalue weighted by Crippen LogP contribution is 2.43. The molecule has 0 aromatic heterocycles. The minimum Gasteiger partial charge on any atom is -0.507 e. The zero-order valence-electron chi connectivity index (χ0n) is 28.0. The van der Waals surface area contributed by atoms with E-state index in [0.29, 0.717) is 59.4 Å². The van der Waals surface area contributed by atoms with Gasteiger partial charge in [-0.1, -0.05) is 23.3 Å². The Bertz CT molecular complexity index is 1510. The summed E-state index contributed by atoms with van der Waals surface area (Å²) in [5.74, 6) is -1.95. The van der Waals surface area contributed by atoms with E-state index in [1.165, 1.54) is 14.2 Å². The van der Waals surface area contributed by atoms with Crippen molar-refractivity contribution in [2.24, 2.45) is 0 Å². The fraction of sp³-hybridized carbons (Fsp3) is 0.412. The number of aliphatic carboxylic acids is 2. The molecule has 2 aromatic carbocycles. The summed E-state index contributed by atoms with van der Waals surface area (Å²) >= 11 is 0. The molecule has 4 N–H and O–H groups in total. The summed E-state index contributed by atoms with van der Waals surface area (Å²) < 4.78 is 20.8. The average molecular weight is 662 g/mol. The van der Waals surface area contributed by atoms with E-state index in [1.54, 1.807) is 0 Å². The summed E-state index contributed by atoms with van der Waals surface area (Å²) in [6.07, 6.45) is 5.36. The summed E-state index contributed by atoms with van der Waals surface area (Å²) in [4.78, 5) is 44.8. The number of allylic oxidation sites excluding steroid dienone is 4. The van der Waals surface area contributed by atoms with Gasteiger partial charge in [-0.25, -0.2) is 9.59 Å². The number of benzene rings is 2. The Hall–Kier alpha value is -4.87. The van der Waals surface area contributed by atoms with Crippen LogP contribution in [0.15, 0.2) is 23.3 Å². The van der Waals surface area contributed by atoms with Crippen LogP contribution in [-0.4, -0.2) is 75.3 Å². The minimum absolute atomic E-state index is 0. The van der Waals surface area contributed by atoms with Gasteiger partial charge in [-0.15, -0.1) is 0 Å². The molecule has 2 aliphatic heterocycles. The number of fused-ring (bicyclic) bond motifs is 2. The first-order valence-electron chi connectivity index (χ1n) is 14.6. The SMILES string of the molecule is COc1c(C)c2c(c(O)c1C/C=C(\C)CCC(=O)O)C(=O)OC2.COc1c(C)c2c(c(O)c1C/C=C(\C)CCC(=O)O)C(=O)OC2.[B].[B]. The zero-order valence-corrected chi connectivity index (χ0v) is 28.0. The molecule has 48 heavy (non-hydrogen) atoms. The maximum absolute atomic E-state index is 11.8. The Morgan fingerprint density at radius 3 is 1.31 bits per heavy atom. The topological polar surface area (TPSA) is 186 Å². The lowest BCUT2D eigenvalue weighted by Gasteiger charge is -2.15. The fourth-order valence-electron chi connectivity index (χ4n) is 5.42. The van der Waals surface area contributed by atoms with Gasteiger partial charge in [0.25, 0.3) is 0 Å². The highest BCUT2D eigenvalue weighted by molar-refractivity contribution is 5.98. The number of hydrogen-bond donors (Lipinski definition) is 4. The largest absolute Gasteiger partial charge is 0.507 e.